The van der Waals surface area contributed by atoms with E-state index in [1.165, 1.54) is 5.56 Å². The number of carbonyl (C=O) groups excluding carboxylic acids is 1. The van der Waals surface area contributed by atoms with Gasteiger partial charge in [-0.15, -0.1) is 0 Å². The van der Waals surface area contributed by atoms with Crippen LogP contribution in [0.3, 0.4) is 0 Å². The van der Waals surface area contributed by atoms with Crippen molar-refractivity contribution in [1.82, 2.24) is 4.90 Å². The average molecular weight is 522 g/mol. The predicted molar refractivity (Wildman–Crippen MR) is 153 cm³/mol. The molecule has 200 valence electrons. The van der Waals surface area contributed by atoms with Crippen molar-refractivity contribution in [1.29, 1.82) is 0 Å². The Morgan fingerprint density at radius 1 is 0.692 bits per heavy atom. The van der Waals surface area contributed by atoms with Crippen LogP contribution in [0.5, 0.6) is 5.75 Å². The minimum atomic E-state index is -0.112. The molecular weight excluding hydrogens is 486 g/mol. The van der Waals surface area contributed by atoms with Gasteiger partial charge in [-0.1, -0.05) is 91.0 Å². The standard InChI is InChI=1S/C34H35NO4/c36-24-28-16-18-31(19-17-28)37-21-20-32-34(39-26-30-14-8-3-9-15-30)33(38-25-29-12-6-2-7-13-29)23-35(32)22-27-10-4-1-5-11-27/h1-19,24,32-34H,20-23,25-26H2/t32-,33+,34-/m0/s1. The quantitative estimate of drug-likeness (QED) is 0.193. The van der Waals surface area contributed by atoms with Crippen LogP contribution in [0.1, 0.15) is 33.5 Å². The predicted octanol–water partition coefficient (Wildman–Crippen LogP) is 6.32. The zero-order valence-corrected chi connectivity index (χ0v) is 22.1. The molecule has 0 saturated carbocycles. The second-order valence-electron chi connectivity index (χ2n) is 9.90. The Morgan fingerprint density at radius 2 is 1.26 bits per heavy atom. The third-order valence-electron chi connectivity index (χ3n) is 7.15. The molecule has 39 heavy (non-hydrogen) atoms. The number of hydrogen-bond donors (Lipinski definition) is 0. The van der Waals surface area contributed by atoms with E-state index in [1.54, 1.807) is 12.1 Å². The third-order valence-corrected chi connectivity index (χ3v) is 7.15. The minimum absolute atomic E-state index is 0.0745. The van der Waals surface area contributed by atoms with Crippen LogP contribution in [0, 0.1) is 0 Å². The fourth-order valence-electron chi connectivity index (χ4n) is 5.12. The van der Waals surface area contributed by atoms with Crippen molar-refractivity contribution in [3.63, 3.8) is 0 Å². The molecular formula is C34H35NO4. The summed E-state index contributed by atoms with van der Waals surface area (Å²) in [6.45, 7) is 3.20. The highest BCUT2D eigenvalue weighted by Crippen LogP contribution is 2.30. The smallest absolute Gasteiger partial charge is 0.150 e. The van der Waals surface area contributed by atoms with Crippen molar-refractivity contribution in [2.45, 2.75) is 44.4 Å². The maximum atomic E-state index is 11.0. The Kier molecular flexibility index (Phi) is 9.53. The summed E-state index contributed by atoms with van der Waals surface area (Å²) in [5.41, 5.74) is 4.20. The lowest BCUT2D eigenvalue weighted by Crippen LogP contribution is -2.39. The van der Waals surface area contributed by atoms with Gasteiger partial charge in [0.1, 0.15) is 18.1 Å². The van der Waals surface area contributed by atoms with Crippen molar-refractivity contribution in [3.05, 3.63) is 138 Å². The lowest BCUT2D eigenvalue weighted by atomic mass is 10.1. The highest BCUT2D eigenvalue weighted by Gasteiger charge is 2.43. The van der Waals surface area contributed by atoms with Gasteiger partial charge in [0, 0.05) is 24.7 Å². The van der Waals surface area contributed by atoms with E-state index >= 15 is 0 Å². The van der Waals surface area contributed by atoms with E-state index in [2.05, 4.69) is 53.4 Å². The summed E-state index contributed by atoms with van der Waals surface area (Å²) < 4.78 is 19.3. The van der Waals surface area contributed by atoms with E-state index in [0.717, 1.165) is 42.7 Å². The molecule has 0 spiro atoms. The van der Waals surface area contributed by atoms with Gasteiger partial charge in [0.15, 0.2) is 0 Å². The number of rotatable bonds is 13. The van der Waals surface area contributed by atoms with Crippen molar-refractivity contribution in [2.75, 3.05) is 13.2 Å². The monoisotopic (exact) mass is 521 g/mol. The van der Waals surface area contributed by atoms with Gasteiger partial charge in [0.05, 0.1) is 25.9 Å². The number of aldehydes is 1. The number of hydrogen-bond acceptors (Lipinski definition) is 5. The molecule has 0 bridgehead atoms. The number of nitrogens with zero attached hydrogens (tertiary/aromatic N) is 1. The summed E-state index contributed by atoms with van der Waals surface area (Å²) in [6.07, 6.45) is 1.44. The van der Waals surface area contributed by atoms with Crippen LogP contribution in [0.2, 0.25) is 0 Å². The minimum Gasteiger partial charge on any atom is -0.494 e. The molecule has 4 aromatic carbocycles. The lowest BCUT2D eigenvalue weighted by Gasteiger charge is -2.29. The van der Waals surface area contributed by atoms with Crippen LogP contribution in [0.25, 0.3) is 0 Å². The van der Waals surface area contributed by atoms with Gasteiger partial charge < -0.3 is 14.2 Å². The van der Waals surface area contributed by atoms with Crippen molar-refractivity contribution >= 4 is 6.29 Å². The molecule has 3 atom stereocenters. The molecule has 0 N–H and O–H groups in total. The van der Waals surface area contributed by atoms with E-state index in [-0.39, 0.29) is 18.2 Å². The van der Waals surface area contributed by atoms with Crippen LogP contribution in [-0.2, 0) is 29.2 Å². The first-order chi connectivity index (χ1) is 19.3. The van der Waals surface area contributed by atoms with Crippen LogP contribution < -0.4 is 4.74 Å². The molecule has 1 aliphatic heterocycles. The van der Waals surface area contributed by atoms with E-state index in [9.17, 15) is 4.79 Å². The number of likely N-dealkylation sites (tertiary alicyclic amines) is 1. The summed E-state index contributed by atoms with van der Waals surface area (Å²) in [4.78, 5) is 13.5. The molecule has 0 radical (unpaired) electrons. The van der Waals surface area contributed by atoms with Gasteiger partial charge >= 0.3 is 0 Å². The Labute approximate surface area is 231 Å². The Hall–Kier alpha value is -3.77. The molecule has 0 amide bonds. The maximum Gasteiger partial charge on any atom is 0.150 e. The molecule has 1 heterocycles. The van der Waals surface area contributed by atoms with Crippen molar-refractivity contribution in [2.24, 2.45) is 0 Å². The summed E-state index contributed by atoms with van der Waals surface area (Å²) in [5.74, 6) is 0.756. The van der Waals surface area contributed by atoms with Crippen LogP contribution in [0.15, 0.2) is 115 Å². The van der Waals surface area contributed by atoms with Crippen LogP contribution in [-0.4, -0.2) is 42.6 Å². The van der Waals surface area contributed by atoms with E-state index in [4.69, 9.17) is 14.2 Å². The average Bonchev–Trinajstić information content (AvgIpc) is 3.32. The zero-order valence-electron chi connectivity index (χ0n) is 22.1. The SMILES string of the molecule is O=Cc1ccc(OCC[C@H]2[C@H](OCc3ccccc3)[C@H](OCc3ccccc3)CN2Cc2ccccc2)cc1. The Balaban J connectivity index is 1.33. The molecule has 5 heteroatoms. The molecule has 0 unspecified atom stereocenters. The van der Waals surface area contributed by atoms with E-state index in [1.807, 2.05) is 54.6 Å². The molecule has 0 aliphatic carbocycles. The first-order valence-electron chi connectivity index (χ1n) is 13.6. The first kappa shape index (κ1) is 26.8. The summed E-state index contributed by atoms with van der Waals surface area (Å²) in [5, 5.41) is 0. The number of ether oxygens (including phenoxy) is 3. The van der Waals surface area contributed by atoms with Crippen molar-refractivity contribution in [3.8, 4) is 5.75 Å². The van der Waals surface area contributed by atoms with Crippen LogP contribution in [0.4, 0.5) is 0 Å². The van der Waals surface area contributed by atoms with Gasteiger partial charge in [0.2, 0.25) is 0 Å². The fourth-order valence-corrected chi connectivity index (χ4v) is 5.12. The molecule has 1 aliphatic rings. The fraction of sp³-hybridized carbons (Fsp3) is 0.265. The Bertz CT molecular complexity index is 1270. The number of carbonyl (C=O) groups is 1. The number of benzene rings is 4. The van der Waals surface area contributed by atoms with Gasteiger partial charge in [-0.25, -0.2) is 0 Å². The molecule has 5 nitrogen and oxygen atoms in total. The second-order valence-corrected chi connectivity index (χ2v) is 9.90. The molecule has 4 aromatic rings. The second kappa shape index (κ2) is 13.9. The largest absolute Gasteiger partial charge is 0.494 e. The molecule has 1 saturated heterocycles. The van der Waals surface area contributed by atoms with E-state index in [0.29, 0.717) is 25.4 Å². The van der Waals surface area contributed by atoms with Gasteiger partial charge in [-0.05, 0) is 47.4 Å². The van der Waals surface area contributed by atoms with Gasteiger partial charge in [-0.3, -0.25) is 9.69 Å². The highest BCUT2D eigenvalue weighted by atomic mass is 16.5. The third kappa shape index (κ3) is 7.64. The molecule has 0 aromatic heterocycles. The lowest BCUT2D eigenvalue weighted by molar-refractivity contribution is -0.0727. The summed E-state index contributed by atoms with van der Waals surface area (Å²) in [7, 11) is 0. The van der Waals surface area contributed by atoms with Gasteiger partial charge in [-0.2, -0.15) is 0 Å². The Morgan fingerprint density at radius 3 is 1.85 bits per heavy atom. The zero-order chi connectivity index (χ0) is 26.7. The van der Waals surface area contributed by atoms with E-state index < -0.39 is 0 Å². The summed E-state index contributed by atoms with van der Waals surface area (Å²) >= 11 is 0. The first-order valence-corrected chi connectivity index (χ1v) is 13.6. The maximum absolute atomic E-state index is 11.0. The van der Waals surface area contributed by atoms with Crippen molar-refractivity contribution < 1.29 is 19.0 Å². The molecule has 5 rings (SSSR count). The highest BCUT2D eigenvalue weighted by molar-refractivity contribution is 5.74. The van der Waals surface area contributed by atoms with Gasteiger partial charge in [0.25, 0.3) is 0 Å². The molecule has 1 fully saturated rings. The topological polar surface area (TPSA) is 48.0 Å². The van der Waals surface area contributed by atoms with Crippen LogP contribution >= 0.6 is 0 Å². The normalized spacial score (nSPS) is 19.1. The summed E-state index contributed by atoms with van der Waals surface area (Å²) in [6, 6.07) is 38.5.